The highest BCUT2D eigenvalue weighted by Gasteiger charge is 2.44. The Morgan fingerprint density at radius 2 is 1.49 bits per heavy atom. The molecule has 1 amide bonds. The van der Waals surface area contributed by atoms with Crippen LogP contribution in [0.4, 0.5) is 0 Å². The highest BCUT2D eigenvalue weighted by Crippen LogP contribution is 2.32. The van der Waals surface area contributed by atoms with Gasteiger partial charge < -0.3 is 26.4 Å². The molecule has 1 rings (SSSR count). The predicted molar refractivity (Wildman–Crippen MR) is 163 cm³/mol. The summed E-state index contributed by atoms with van der Waals surface area (Å²) in [6, 6.07) is 0. The first-order chi connectivity index (χ1) is 18.8. The zero-order valence-electron chi connectivity index (χ0n) is 27.4. The Morgan fingerprint density at radius 1 is 0.878 bits per heavy atom. The first kappa shape index (κ1) is 37.3. The maximum Gasteiger partial charge on any atom is 0.247 e. The van der Waals surface area contributed by atoms with E-state index in [0.717, 1.165) is 19.3 Å². The van der Waals surface area contributed by atoms with E-state index in [0.29, 0.717) is 5.92 Å². The van der Waals surface area contributed by atoms with Crippen LogP contribution in [0.5, 0.6) is 0 Å². The second-order valence-corrected chi connectivity index (χ2v) is 13.8. The van der Waals surface area contributed by atoms with Crippen molar-refractivity contribution in [2.45, 2.75) is 136 Å². The molecule has 0 spiro atoms. The number of ketones is 3. The molecule has 3 atom stereocenters. The zero-order chi connectivity index (χ0) is 31.6. The molecule has 1 fully saturated rings. The Morgan fingerprint density at radius 3 is 2.07 bits per heavy atom. The van der Waals surface area contributed by atoms with Crippen molar-refractivity contribution in [3.8, 4) is 0 Å². The van der Waals surface area contributed by atoms with Crippen LogP contribution < -0.4 is 27.0 Å². The molecule has 0 bridgehead atoms. The van der Waals surface area contributed by atoms with Crippen LogP contribution in [-0.2, 0) is 23.9 Å². The third-order valence-electron chi connectivity index (χ3n) is 9.34. The van der Waals surface area contributed by atoms with Crippen molar-refractivity contribution in [2.75, 3.05) is 26.7 Å². The second kappa shape index (κ2) is 15.7. The number of rotatable bonds is 20. The standard InChI is InChI=1S/C31H59N5O5/c1-11-12-13-14-21-15-16-22(17-21)41-20-25(39)36-27(32)26(40)30(6,7)34-18-23(37)28(2,3)31(8,9)35-19-24(38)29(4,5)33-10/h21-22,27,33-35H,11-20,32H2,1-10H3,(H,36,39). The lowest BCUT2D eigenvalue weighted by Gasteiger charge is -2.42. The molecule has 1 saturated carbocycles. The fraction of sp³-hybridized carbons (Fsp3) is 0.871. The van der Waals surface area contributed by atoms with Gasteiger partial charge in [-0.25, -0.2) is 0 Å². The van der Waals surface area contributed by atoms with Gasteiger partial charge in [0, 0.05) is 11.0 Å². The van der Waals surface area contributed by atoms with Crippen LogP contribution in [0.2, 0.25) is 0 Å². The van der Waals surface area contributed by atoms with E-state index < -0.39 is 39.9 Å². The average Bonchev–Trinajstić information content (AvgIpc) is 3.36. The predicted octanol–water partition coefficient (Wildman–Crippen LogP) is 2.62. The van der Waals surface area contributed by atoms with E-state index in [2.05, 4.69) is 28.2 Å². The lowest BCUT2D eigenvalue weighted by atomic mass is 9.71. The summed E-state index contributed by atoms with van der Waals surface area (Å²) >= 11 is 0. The monoisotopic (exact) mass is 581 g/mol. The Hall–Kier alpha value is -1.72. The molecule has 238 valence electrons. The molecular weight excluding hydrogens is 522 g/mol. The van der Waals surface area contributed by atoms with Gasteiger partial charge in [-0.1, -0.05) is 46.5 Å². The number of ether oxygens (including phenoxy) is 1. The van der Waals surface area contributed by atoms with Crippen LogP contribution in [0.3, 0.4) is 0 Å². The van der Waals surface area contributed by atoms with Crippen LogP contribution >= 0.6 is 0 Å². The van der Waals surface area contributed by atoms with Gasteiger partial charge in [-0.15, -0.1) is 0 Å². The van der Waals surface area contributed by atoms with Crippen molar-refractivity contribution in [3.63, 3.8) is 0 Å². The lowest BCUT2D eigenvalue weighted by Crippen LogP contribution is -2.63. The van der Waals surface area contributed by atoms with Crippen molar-refractivity contribution in [1.29, 1.82) is 0 Å². The summed E-state index contributed by atoms with van der Waals surface area (Å²) in [4.78, 5) is 51.4. The van der Waals surface area contributed by atoms with E-state index in [-0.39, 0.29) is 37.4 Å². The zero-order valence-corrected chi connectivity index (χ0v) is 27.4. The smallest absolute Gasteiger partial charge is 0.247 e. The van der Waals surface area contributed by atoms with Crippen molar-refractivity contribution < 1.29 is 23.9 Å². The third-order valence-corrected chi connectivity index (χ3v) is 9.34. The van der Waals surface area contributed by atoms with Crippen molar-refractivity contribution in [2.24, 2.45) is 17.1 Å². The molecule has 1 aliphatic rings. The SMILES string of the molecule is CCCCCC1CCC(OCC(=O)NC(N)C(=O)C(C)(C)NCC(=O)C(C)(C)C(C)(C)NCC(=O)C(C)(C)NC)C1. The first-order valence-corrected chi connectivity index (χ1v) is 15.3. The van der Waals surface area contributed by atoms with Gasteiger partial charge in [0.15, 0.2) is 17.3 Å². The molecule has 6 N–H and O–H groups in total. The molecule has 0 aromatic carbocycles. The highest BCUT2D eigenvalue weighted by molar-refractivity contribution is 5.96. The van der Waals surface area contributed by atoms with Crippen LogP contribution in [0.25, 0.3) is 0 Å². The summed E-state index contributed by atoms with van der Waals surface area (Å²) in [5, 5.41) is 11.8. The minimum atomic E-state index is -1.23. The molecule has 1 aliphatic carbocycles. The maximum atomic E-state index is 13.3. The van der Waals surface area contributed by atoms with E-state index in [9.17, 15) is 19.2 Å². The molecule has 0 aliphatic heterocycles. The number of carbonyl (C=O) groups is 4. The summed E-state index contributed by atoms with van der Waals surface area (Å²) < 4.78 is 5.81. The number of hydrogen-bond donors (Lipinski definition) is 5. The fourth-order valence-electron chi connectivity index (χ4n) is 4.83. The summed E-state index contributed by atoms with van der Waals surface area (Å²) in [5.41, 5.74) is 2.62. The topological polar surface area (TPSA) is 152 Å². The van der Waals surface area contributed by atoms with Crippen molar-refractivity contribution >= 4 is 23.3 Å². The maximum absolute atomic E-state index is 13.3. The Bertz CT molecular complexity index is 899. The minimum absolute atomic E-state index is 0.0162. The molecule has 10 nitrogen and oxygen atoms in total. The second-order valence-electron chi connectivity index (χ2n) is 13.8. The van der Waals surface area contributed by atoms with Crippen LogP contribution in [0.1, 0.15) is 107 Å². The van der Waals surface area contributed by atoms with Gasteiger partial charge in [-0.05, 0) is 73.8 Å². The summed E-state index contributed by atoms with van der Waals surface area (Å²) in [5.74, 6) is -0.362. The van der Waals surface area contributed by atoms with Crippen molar-refractivity contribution in [1.82, 2.24) is 21.3 Å². The molecule has 0 heterocycles. The van der Waals surface area contributed by atoms with Crippen LogP contribution in [0, 0.1) is 11.3 Å². The van der Waals surface area contributed by atoms with Gasteiger partial charge in [0.05, 0.1) is 30.3 Å². The Kier molecular flexibility index (Phi) is 14.3. The van der Waals surface area contributed by atoms with Gasteiger partial charge in [0.25, 0.3) is 0 Å². The third kappa shape index (κ3) is 11.1. The molecule has 10 heteroatoms. The number of Topliss-reactive ketones (excluding diaryl/α,β-unsaturated/α-hetero) is 3. The van der Waals surface area contributed by atoms with Crippen LogP contribution in [-0.4, -0.2) is 78.9 Å². The van der Waals surface area contributed by atoms with E-state index in [1.54, 1.807) is 20.9 Å². The summed E-state index contributed by atoms with van der Waals surface area (Å²) in [6.45, 7) is 16.4. The first-order valence-electron chi connectivity index (χ1n) is 15.3. The van der Waals surface area contributed by atoms with Gasteiger partial charge in [0.1, 0.15) is 12.8 Å². The molecule has 0 radical (unpaired) electrons. The molecule has 3 unspecified atom stereocenters. The number of unbranched alkanes of at least 4 members (excludes halogenated alkanes) is 2. The normalized spacial score (nSPS) is 19.2. The quantitative estimate of drug-likeness (QED) is 0.108. The molecule has 0 saturated heterocycles. The van der Waals surface area contributed by atoms with Gasteiger partial charge in [-0.2, -0.15) is 0 Å². The van der Waals surface area contributed by atoms with E-state index in [4.69, 9.17) is 10.5 Å². The number of hydrogen-bond acceptors (Lipinski definition) is 9. The number of likely N-dealkylation sites (N-methyl/N-ethyl adjacent to an activating group) is 1. The summed E-state index contributed by atoms with van der Waals surface area (Å²) in [6.07, 6.45) is 6.80. The number of nitrogens with one attached hydrogen (secondary N) is 4. The molecule has 41 heavy (non-hydrogen) atoms. The van der Waals surface area contributed by atoms with Gasteiger partial charge >= 0.3 is 0 Å². The van der Waals surface area contributed by atoms with Crippen LogP contribution in [0.15, 0.2) is 0 Å². The van der Waals surface area contributed by atoms with Gasteiger partial charge in [-0.3, -0.25) is 24.5 Å². The number of carbonyl (C=O) groups excluding carboxylic acids is 4. The number of amides is 1. The van der Waals surface area contributed by atoms with E-state index >= 15 is 0 Å². The largest absolute Gasteiger partial charge is 0.368 e. The van der Waals surface area contributed by atoms with Crippen molar-refractivity contribution in [3.05, 3.63) is 0 Å². The fourth-order valence-corrected chi connectivity index (χ4v) is 4.83. The average molecular weight is 582 g/mol. The summed E-state index contributed by atoms with van der Waals surface area (Å²) in [7, 11) is 1.73. The van der Waals surface area contributed by atoms with E-state index in [1.165, 1.54) is 25.7 Å². The molecule has 0 aromatic heterocycles. The van der Waals surface area contributed by atoms with E-state index in [1.807, 2.05) is 41.5 Å². The highest BCUT2D eigenvalue weighted by atomic mass is 16.5. The lowest BCUT2D eigenvalue weighted by molar-refractivity contribution is -0.135. The molecular formula is C31H59N5O5. The van der Waals surface area contributed by atoms with Gasteiger partial charge in [0.2, 0.25) is 5.91 Å². The Labute approximate surface area is 248 Å². The Balaban J connectivity index is 2.57. The molecule has 0 aromatic rings. The minimum Gasteiger partial charge on any atom is -0.368 e. The number of nitrogens with two attached hydrogens (primary N) is 1.